The van der Waals surface area contributed by atoms with E-state index >= 15 is 4.39 Å². The third-order valence-corrected chi connectivity index (χ3v) is 7.17. The number of carboxylic acids is 1. The fourth-order valence-electron chi connectivity index (χ4n) is 5.10. The summed E-state index contributed by atoms with van der Waals surface area (Å²) in [5.41, 5.74) is 3.21. The van der Waals surface area contributed by atoms with E-state index in [-0.39, 0.29) is 18.3 Å². The van der Waals surface area contributed by atoms with Gasteiger partial charge in [0, 0.05) is 30.2 Å². The zero-order chi connectivity index (χ0) is 25.5. The number of alkyl halides is 1. The van der Waals surface area contributed by atoms with Crippen LogP contribution in [0, 0.1) is 30.6 Å². The lowest BCUT2D eigenvalue weighted by molar-refractivity contribution is -0.137. The predicted octanol–water partition coefficient (Wildman–Crippen LogP) is 4.92. The molecule has 1 unspecified atom stereocenters. The number of ether oxygens (including phenoxy) is 1. The molecule has 1 fully saturated rings. The second-order valence-corrected chi connectivity index (χ2v) is 9.51. The Bertz CT molecular complexity index is 1250. The number of nitrogens with zero attached hydrogens (tertiary/aromatic N) is 3. The summed E-state index contributed by atoms with van der Waals surface area (Å²) in [5, 5.41) is 16.9. The summed E-state index contributed by atoms with van der Waals surface area (Å²) in [6.45, 7) is 4.22. The van der Waals surface area contributed by atoms with Gasteiger partial charge in [0.1, 0.15) is 11.9 Å². The van der Waals surface area contributed by atoms with E-state index in [4.69, 9.17) is 4.74 Å². The van der Waals surface area contributed by atoms with E-state index in [0.29, 0.717) is 37.1 Å². The van der Waals surface area contributed by atoms with E-state index in [9.17, 15) is 9.90 Å². The van der Waals surface area contributed by atoms with Crippen molar-refractivity contribution in [1.82, 2.24) is 20.1 Å². The Kier molecular flexibility index (Phi) is 8.55. The van der Waals surface area contributed by atoms with Crippen molar-refractivity contribution in [2.45, 2.75) is 45.2 Å². The number of aliphatic carboxylic acids is 1. The molecule has 36 heavy (non-hydrogen) atoms. The molecule has 0 amide bonds. The quantitative estimate of drug-likeness (QED) is 0.412. The van der Waals surface area contributed by atoms with Crippen molar-refractivity contribution in [3.8, 4) is 17.6 Å². The first-order valence-corrected chi connectivity index (χ1v) is 12.4. The number of pyridine rings is 1. The van der Waals surface area contributed by atoms with Crippen LogP contribution in [0.15, 0.2) is 36.7 Å². The van der Waals surface area contributed by atoms with Gasteiger partial charge in [-0.3, -0.25) is 19.8 Å². The zero-order valence-electron chi connectivity index (χ0n) is 20.8. The van der Waals surface area contributed by atoms with Gasteiger partial charge in [-0.15, -0.1) is 0 Å². The Balaban J connectivity index is 1.40. The number of rotatable bonds is 9. The first-order valence-electron chi connectivity index (χ1n) is 12.4. The molecular formula is C28H33FN4O3. The summed E-state index contributed by atoms with van der Waals surface area (Å²) in [5.74, 6) is 6.75. The molecule has 1 aliphatic heterocycles. The number of fused-ring (bicyclic) bond motifs is 1. The number of aromatic nitrogens is 3. The summed E-state index contributed by atoms with van der Waals surface area (Å²) < 4.78 is 20.8. The Labute approximate surface area is 211 Å². The fourth-order valence-corrected chi connectivity index (χ4v) is 5.10. The van der Waals surface area contributed by atoms with Crippen LogP contribution in [0.1, 0.15) is 55.1 Å². The van der Waals surface area contributed by atoms with Crippen molar-refractivity contribution < 1.29 is 19.0 Å². The average Bonchev–Trinajstić information content (AvgIpc) is 3.30. The topological polar surface area (TPSA) is 91.3 Å². The van der Waals surface area contributed by atoms with Crippen LogP contribution < -0.4 is 4.74 Å². The lowest BCUT2D eigenvalue weighted by Crippen LogP contribution is -2.41. The Morgan fingerprint density at radius 1 is 1.33 bits per heavy atom. The molecule has 1 saturated heterocycles. The molecule has 2 aromatic heterocycles. The lowest BCUT2D eigenvalue weighted by Gasteiger charge is -2.38. The minimum absolute atomic E-state index is 0.128. The summed E-state index contributed by atoms with van der Waals surface area (Å²) in [7, 11) is 1.60. The zero-order valence-corrected chi connectivity index (χ0v) is 20.8. The van der Waals surface area contributed by atoms with Crippen molar-refractivity contribution in [2.24, 2.45) is 11.8 Å². The lowest BCUT2D eigenvalue weighted by atomic mass is 9.79. The van der Waals surface area contributed by atoms with Crippen molar-refractivity contribution >= 4 is 16.9 Å². The van der Waals surface area contributed by atoms with E-state index in [1.54, 1.807) is 25.6 Å². The number of aryl methyl sites for hydroxylation is 1. The van der Waals surface area contributed by atoms with Gasteiger partial charge in [-0.25, -0.2) is 4.39 Å². The molecule has 1 aliphatic rings. The fraction of sp³-hybridized carbons (Fsp3) is 0.464. The molecule has 7 nitrogen and oxygen atoms in total. The number of nitrogens with one attached hydrogen (secondary N) is 1. The van der Waals surface area contributed by atoms with Crippen LogP contribution in [-0.2, 0) is 4.79 Å². The Hall–Kier alpha value is -3.44. The number of piperidine rings is 1. The number of carboxylic acid groups (broad SMARTS) is 1. The molecule has 4 rings (SSSR count). The molecule has 8 heteroatoms. The van der Waals surface area contributed by atoms with Crippen molar-refractivity contribution in [2.75, 3.05) is 26.7 Å². The van der Waals surface area contributed by atoms with Gasteiger partial charge in [-0.05, 0) is 80.8 Å². The maximum atomic E-state index is 15.5. The van der Waals surface area contributed by atoms with E-state index < -0.39 is 12.1 Å². The third kappa shape index (κ3) is 6.41. The molecule has 3 atom stereocenters. The second kappa shape index (κ2) is 12.0. The molecule has 3 heterocycles. The molecule has 190 valence electrons. The molecule has 3 aromatic rings. The van der Waals surface area contributed by atoms with Gasteiger partial charge < -0.3 is 9.84 Å². The van der Waals surface area contributed by atoms with E-state index in [1.165, 1.54) is 0 Å². The van der Waals surface area contributed by atoms with Crippen molar-refractivity contribution in [1.29, 1.82) is 0 Å². The number of carbonyl (C=O) groups is 1. The van der Waals surface area contributed by atoms with E-state index in [0.717, 1.165) is 41.7 Å². The third-order valence-electron chi connectivity index (χ3n) is 7.17. The van der Waals surface area contributed by atoms with Gasteiger partial charge in [-0.1, -0.05) is 11.8 Å². The number of H-pyrrole nitrogens is 1. The number of halogens is 1. The average molecular weight is 493 g/mol. The monoisotopic (exact) mass is 492 g/mol. The predicted molar refractivity (Wildman–Crippen MR) is 136 cm³/mol. The van der Waals surface area contributed by atoms with Gasteiger partial charge in [0.15, 0.2) is 0 Å². The molecule has 0 bridgehead atoms. The van der Waals surface area contributed by atoms with Crippen LogP contribution in [0.2, 0.25) is 0 Å². The molecule has 2 N–H and O–H groups in total. The first kappa shape index (κ1) is 25.6. The van der Waals surface area contributed by atoms with Crippen molar-refractivity contribution in [3.63, 3.8) is 0 Å². The van der Waals surface area contributed by atoms with Gasteiger partial charge in [0.05, 0.1) is 30.9 Å². The van der Waals surface area contributed by atoms with Crippen LogP contribution in [0.25, 0.3) is 10.9 Å². The van der Waals surface area contributed by atoms with Gasteiger partial charge >= 0.3 is 5.97 Å². The molecule has 0 radical (unpaired) electrons. The Morgan fingerprint density at radius 3 is 2.94 bits per heavy atom. The number of hydrogen-bond acceptors (Lipinski definition) is 5. The molecular weight excluding hydrogens is 459 g/mol. The van der Waals surface area contributed by atoms with E-state index in [1.807, 2.05) is 25.1 Å². The van der Waals surface area contributed by atoms with Gasteiger partial charge in [0.25, 0.3) is 0 Å². The molecule has 1 aromatic carbocycles. The van der Waals surface area contributed by atoms with E-state index in [2.05, 4.69) is 31.9 Å². The van der Waals surface area contributed by atoms with Crippen LogP contribution in [0.4, 0.5) is 4.39 Å². The maximum Gasteiger partial charge on any atom is 0.303 e. The minimum Gasteiger partial charge on any atom is -0.497 e. The highest BCUT2D eigenvalue weighted by molar-refractivity contribution is 5.83. The SMILES string of the molecule is COc1ccc2nccc(C(F)CC[C@@H]3CCN(CC#Cc4cn[nH]c4C)C[C@@H]3CCC(=O)O)c2c1. The largest absolute Gasteiger partial charge is 0.497 e. The highest BCUT2D eigenvalue weighted by atomic mass is 19.1. The van der Waals surface area contributed by atoms with Crippen LogP contribution in [0.3, 0.4) is 0 Å². The second-order valence-electron chi connectivity index (χ2n) is 9.51. The highest BCUT2D eigenvalue weighted by Crippen LogP contribution is 2.36. The number of hydrogen-bond donors (Lipinski definition) is 2. The van der Waals surface area contributed by atoms with Crippen LogP contribution >= 0.6 is 0 Å². The summed E-state index contributed by atoms with van der Waals surface area (Å²) in [4.78, 5) is 17.9. The molecule has 0 aliphatic carbocycles. The number of likely N-dealkylation sites (tertiary alicyclic amines) is 1. The first-order chi connectivity index (χ1) is 17.4. The normalized spacial score (nSPS) is 19.0. The standard InChI is InChI=1S/C28H33FN4O3/c1-19-21(17-31-32-19)4-3-14-33-15-12-20(22(18-33)6-10-28(34)35)5-8-26(29)24-11-13-30-27-9-7-23(36-2)16-25(24)27/h7,9,11,13,16-17,20,22,26H,5-6,8,10,12,14-15,18H2,1-2H3,(H,31,32)(H,34,35)/t20-,22+,26?/m1/s1. The van der Waals surface area contributed by atoms with Crippen molar-refractivity contribution in [3.05, 3.63) is 53.5 Å². The summed E-state index contributed by atoms with van der Waals surface area (Å²) >= 11 is 0. The number of benzene rings is 1. The number of methoxy groups -OCH3 is 1. The number of aromatic amines is 1. The summed E-state index contributed by atoms with van der Waals surface area (Å²) in [6, 6.07) is 7.26. The van der Waals surface area contributed by atoms with Crippen LogP contribution in [0.5, 0.6) is 5.75 Å². The molecule has 0 spiro atoms. The van der Waals surface area contributed by atoms with Crippen LogP contribution in [-0.4, -0.2) is 57.9 Å². The highest BCUT2D eigenvalue weighted by Gasteiger charge is 2.30. The maximum absolute atomic E-state index is 15.5. The summed E-state index contributed by atoms with van der Waals surface area (Å²) in [6.07, 6.45) is 4.99. The van der Waals surface area contributed by atoms with Gasteiger partial charge in [-0.2, -0.15) is 5.10 Å². The smallest absolute Gasteiger partial charge is 0.303 e. The van der Waals surface area contributed by atoms with Gasteiger partial charge in [0.2, 0.25) is 0 Å². The minimum atomic E-state index is -1.12. The molecule has 0 saturated carbocycles. The Morgan fingerprint density at radius 2 is 2.19 bits per heavy atom.